The van der Waals surface area contributed by atoms with Crippen molar-refractivity contribution >= 4 is 0 Å². The van der Waals surface area contributed by atoms with Crippen LogP contribution in [0.1, 0.15) is 31.4 Å². The van der Waals surface area contributed by atoms with Gasteiger partial charge in [0.1, 0.15) is 11.6 Å². The summed E-state index contributed by atoms with van der Waals surface area (Å²) >= 11 is 0. The summed E-state index contributed by atoms with van der Waals surface area (Å²) in [7, 11) is 0. The van der Waals surface area contributed by atoms with Gasteiger partial charge >= 0.3 is 0 Å². The Morgan fingerprint density at radius 1 is 1.05 bits per heavy atom. The zero-order chi connectivity index (χ0) is 14.9. The van der Waals surface area contributed by atoms with E-state index in [2.05, 4.69) is 12.2 Å². The van der Waals surface area contributed by atoms with Crippen molar-refractivity contribution in [3.05, 3.63) is 66.0 Å². The van der Waals surface area contributed by atoms with E-state index in [9.17, 15) is 4.39 Å². The second-order valence-corrected chi connectivity index (χ2v) is 4.95. The zero-order valence-electron chi connectivity index (χ0n) is 12.4. The topological polar surface area (TPSA) is 21.3 Å². The highest BCUT2D eigenvalue weighted by molar-refractivity contribution is 5.21. The first-order valence-corrected chi connectivity index (χ1v) is 7.47. The van der Waals surface area contributed by atoms with Gasteiger partial charge in [0.15, 0.2) is 0 Å². The summed E-state index contributed by atoms with van der Waals surface area (Å²) in [5, 5.41) is 3.39. The molecule has 1 unspecified atom stereocenters. The largest absolute Gasteiger partial charge is 0.494 e. The fraction of sp³-hybridized carbons (Fsp3) is 0.333. The Hall–Kier alpha value is -1.87. The molecule has 0 bridgehead atoms. The minimum absolute atomic E-state index is 0.0583. The van der Waals surface area contributed by atoms with E-state index in [1.165, 1.54) is 6.07 Å². The molecule has 0 aliphatic heterocycles. The van der Waals surface area contributed by atoms with Crippen LogP contribution < -0.4 is 10.1 Å². The Kier molecular flexibility index (Phi) is 6.22. The second kappa shape index (κ2) is 8.42. The van der Waals surface area contributed by atoms with Crippen LogP contribution in [0.25, 0.3) is 0 Å². The number of halogens is 1. The third-order valence-corrected chi connectivity index (χ3v) is 3.41. The van der Waals surface area contributed by atoms with Crippen molar-refractivity contribution in [1.29, 1.82) is 0 Å². The van der Waals surface area contributed by atoms with Crippen molar-refractivity contribution in [1.82, 2.24) is 5.32 Å². The van der Waals surface area contributed by atoms with Crippen LogP contribution in [0.3, 0.4) is 0 Å². The van der Waals surface area contributed by atoms with Gasteiger partial charge in [0.2, 0.25) is 0 Å². The zero-order valence-corrected chi connectivity index (χ0v) is 12.4. The van der Waals surface area contributed by atoms with Gasteiger partial charge in [-0.15, -0.1) is 0 Å². The molecule has 0 aromatic heterocycles. The third-order valence-electron chi connectivity index (χ3n) is 3.41. The van der Waals surface area contributed by atoms with E-state index < -0.39 is 0 Å². The maximum absolute atomic E-state index is 13.8. The van der Waals surface area contributed by atoms with E-state index >= 15 is 0 Å². The Balaban J connectivity index is 1.73. The molecule has 0 saturated heterocycles. The molecule has 0 fully saturated rings. The van der Waals surface area contributed by atoms with Crippen molar-refractivity contribution in [2.75, 3.05) is 13.2 Å². The number of hydrogen-bond acceptors (Lipinski definition) is 2. The molecule has 0 spiro atoms. The first-order chi connectivity index (χ1) is 10.3. The number of para-hydroxylation sites is 1. The predicted octanol–water partition coefficient (Wildman–Crippen LogP) is 4.34. The maximum Gasteiger partial charge on any atom is 0.127 e. The molecule has 2 aromatic rings. The van der Waals surface area contributed by atoms with Crippen molar-refractivity contribution in [3.63, 3.8) is 0 Å². The van der Waals surface area contributed by atoms with Gasteiger partial charge in [-0.3, -0.25) is 0 Å². The highest BCUT2D eigenvalue weighted by Gasteiger charge is 2.12. The maximum atomic E-state index is 13.8. The summed E-state index contributed by atoms with van der Waals surface area (Å²) in [5.74, 6) is 0.746. The third kappa shape index (κ3) is 4.87. The summed E-state index contributed by atoms with van der Waals surface area (Å²) in [6, 6.07) is 16.8. The van der Waals surface area contributed by atoms with E-state index in [4.69, 9.17) is 4.74 Å². The Morgan fingerprint density at radius 2 is 1.76 bits per heavy atom. The Bertz CT molecular complexity index is 530. The monoisotopic (exact) mass is 287 g/mol. The number of ether oxygens (including phenoxy) is 1. The van der Waals surface area contributed by atoms with Crippen LogP contribution in [0.4, 0.5) is 4.39 Å². The molecule has 0 amide bonds. The number of benzene rings is 2. The molecule has 0 aliphatic rings. The molecule has 0 aliphatic carbocycles. The average molecular weight is 287 g/mol. The number of nitrogens with one attached hydrogen (secondary N) is 1. The minimum atomic E-state index is -0.141. The van der Waals surface area contributed by atoms with Gasteiger partial charge in [-0.25, -0.2) is 4.39 Å². The van der Waals surface area contributed by atoms with Gasteiger partial charge in [0, 0.05) is 11.6 Å². The van der Waals surface area contributed by atoms with Crippen molar-refractivity contribution in [3.8, 4) is 5.75 Å². The van der Waals surface area contributed by atoms with E-state index in [0.717, 1.165) is 30.7 Å². The van der Waals surface area contributed by atoms with Crippen molar-refractivity contribution in [2.45, 2.75) is 25.8 Å². The van der Waals surface area contributed by atoms with Crippen LogP contribution in [0, 0.1) is 5.82 Å². The van der Waals surface area contributed by atoms with Crippen molar-refractivity contribution < 1.29 is 9.13 Å². The van der Waals surface area contributed by atoms with E-state index in [0.29, 0.717) is 6.61 Å². The average Bonchev–Trinajstić information content (AvgIpc) is 2.53. The van der Waals surface area contributed by atoms with Gasteiger partial charge < -0.3 is 10.1 Å². The smallest absolute Gasteiger partial charge is 0.127 e. The lowest BCUT2D eigenvalue weighted by molar-refractivity contribution is 0.304. The van der Waals surface area contributed by atoms with Crippen molar-refractivity contribution in [2.24, 2.45) is 0 Å². The first-order valence-electron chi connectivity index (χ1n) is 7.47. The molecule has 3 heteroatoms. The predicted molar refractivity (Wildman–Crippen MR) is 84.0 cm³/mol. The molecule has 2 nitrogen and oxygen atoms in total. The Labute approximate surface area is 126 Å². The summed E-state index contributed by atoms with van der Waals surface area (Å²) < 4.78 is 19.4. The lowest BCUT2D eigenvalue weighted by Crippen LogP contribution is -2.24. The molecule has 0 saturated carbocycles. The molecule has 112 valence electrons. The molecule has 0 heterocycles. The molecular formula is C18H22FNO. The summed E-state index contributed by atoms with van der Waals surface area (Å²) in [4.78, 5) is 0. The van der Waals surface area contributed by atoms with E-state index in [1.54, 1.807) is 6.07 Å². The Morgan fingerprint density at radius 3 is 2.48 bits per heavy atom. The summed E-state index contributed by atoms with van der Waals surface area (Å²) in [6.45, 7) is 3.52. The fourth-order valence-electron chi connectivity index (χ4n) is 2.29. The molecule has 2 aromatic carbocycles. The number of rotatable bonds is 8. The standard InChI is InChI=1S/C18H22FNO/c1-2-18(16-11-6-7-12-17(16)19)20-13-8-14-21-15-9-4-3-5-10-15/h3-7,9-12,18,20H,2,8,13-14H2,1H3. The van der Waals surface area contributed by atoms with Gasteiger partial charge in [-0.05, 0) is 37.6 Å². The first kappa shape index (κ1) is 15.5. The van der Waals surface area contributed by atoms with E-state index in [-0.39, 0.29) is 11.9 Å². The van der Waals surface area contributed by atoms with Crippen LogP contribution in [0.2, 0.25) is 0 Å². The molecule has 1 N–H and O–H groups in total. The SMILES string of the molecule is CCC(NCCCOc1ccccc1)c1ccccc1F. The van der Waals surface area contributed by atoms with Crippen LogP contribution in [-0.4, -0.2) is 13.2 Å². The molecule has 0 radical (unpaired) electrons. The van der Waals surface area contributed by atoms with Crippen LogP contribution in [0.5, 0.6) is 5.75 Å². The van der Waals surface area contributed by atoms with Gasteiger partial charge in [-0.1, -0.05) is 43.3 Å². The lowest BCUT2D eigenvalue weighted by Gasteiger charge is -2.18. The van der Waals surface area contributed by atoms with Crippen LogP contribution in [-0.2, 0) is 0 Å². The van der Waals surface area contributed by atoms with Crippen LogP contribution in [0.15, 0.2) is 54.6 Å². The molecule has 1 atom stereocenters. The van der Waals surface area contributed by atoms with Gasteiger partial charge in [0.05, 0.1) is 6.61 Å². The molecule has 2 rings (SSSR count). The summed E-state index contributed by atoms with van der Waals surface area (Å²) in [6.07, 6.45) is 1.75. The fourth-order valence-corrected chi connectivity index (χ4v) is 2.29. The number of hydrogen-bond donors (Lipinski definition) is 1. The quantitative estimate of drug-likeness (QED) is 0.729. The molecular weight excluding hydrogens is 265 g/mol. The van der Waals surface area contributed by atoms with Crippen LogP contribution >= 0.6 is 0 Å². The minimum Gasteiger partial charge on any atom is -0.494 e. The molecule has 21 heavy (non-hydrogen) atoms. The summed E-state index contributed by atoms with van der Waals surface area (Å²) in [5.41, 5.74) is 0.740. The second-order valence-electron chi connectivity index (χ2n) is 4.95. The van der Waals surface area contributed by atoms with Gasteiger partial charge in [0.25, 0.3) is 0 Å². The van der Waals surface area contributed by atoms with E-state index in [1.807, 2.05) is 42.5 Å². The highest BCUT2D eigenvalue weighted by atomic mass is 19.1. The lowest BCUT2D eigenvalue weighted by atomic mass is 10.0. The highest BCUT2D eigenvalue weighted by Crippen LogP contribution is 2.19. The van der Waals surface area contributed by atoms with Gasteiger partial charge in [-0.2, -0.15) is 0 Å². The normalized spacial score (nSPS) is 12.1.